The van der Waals surface area contributed by atoms with E-state index in [1.165, 1.54) is 4.88 Å². The molecule has 2 rings (SSSR count). The van der Waals surface area contributed by atoms with Crippen LogP contribution in [0.4, 0.5) is 5.69 Å². The number of nitrogens with one attached hydrogen (secondary N) is 1. The van der Waals surface area contributed by atoms with Crippen LogP contribution in [-0.2, 0) is 12.0 Å². The van der Waals surface area contributed by atoms with Gasteiger partial charge in [-0.25, -0.2) is 4.98 Å². The molecule has 0 aliphatic heterocycles. The van der Waals surface area contributed by atoms with Gasteiger partial charge in [-0.2, -0.15) is 5.26 Å². The van der Waals surface area contributed by atoms with E-state index < -0.39 is 0 Å². The highest BCUT2D eigenvalue weighted by molar-refractivity contribution is 7.11. The summed E-state index contributed by atoms with van der Waals surface area (Å²) < 4.78 is 0. The Morgan fingerprint density at radius 3 is 2.75 bits per heavy atom. The second-order valence-corrected chi connectivity index (χ2v) is 7.06. The number of nitrogens with zero attached hydrogens (tertiary/aromatic N) is 2. The van der Waals surface area contributed by atoms with E-state index >= 15 is 0 Å². The van der Waals surface area contributed by atoms with Crippen molar-refractivity contribution in [2.24, 2.45) is 0 Å². The van der Waals surface area contributed by atoms with Gasteiger partial charge in [-0.3, -0.25) is 0 Å². The number of thiazole rings is 1. The van der Waals surface area contributed by atoms with Crippen molar-refractivity contribution < 1.29 is 0 Å². The smallest absolute Gasteiger partial charge is 0.101 e. The molecule has 20 heavy (non-hydrogen) atoms. The SMILES string of the molecule is CC(C)(C)c1ncc(CNc2ccc(Cl)c(C#N)c2)s1. The summed E-state index contributed by atoms with van der Waals surface area (Å²) in [5.74, 6) is 0. The van der Waals surface area contributed by atoms with Crippen LogP contribution in [0.15, 0.2) is 24.4 Å². The maximum Gasteiger partial charge on any atom is 0.101 e. The lowest BCUT2D eigenvalue weighted by molar-refractivity contribution is 0.585. The molecule has 0 saturated carbocycles. The molecule has 0 aliphatic rings. The number of benzene rings is 1. The van der Waals surface area contributed by atoms with Crippen LogP contribution in [0, 0.1) is 11.3 Å². The van der Waals surface area contributed by atoms with E-state index in [2.05, 4.69) is 37.1 Å². The molecule has 0 radical (unpaired) electrons. The highest BCUT2D eigenvalue weighted by Crippen LogP contribution is 2.27. The fourth-order valence-corrected chi connectivity index (χ4v) is 2.72. The fourth-order valence-electron chi connectivity index (χ4n) is 1.65. The second kappa shape index (κ2) is 5.82. The van der Waals surface area contributed by atoms with Gasteiger partial charge in [0, 0.05) is 22.2 Å². The molecule has 0 spiro atoms. The molecular weight excluding hydrogens is 290 g/mol. The van der Waals surface area contributed by atoms with Gasteiger partial charge in [-0.15, -0.1) is 11.3 Å². The Morgan fingerprint density at radius 2 is 2.15 bits per heavy atom. The average Bonchev–Trinajstić information content (AvgIpc) is 2.86. The van der Waals surface area contributed by atoms with Gasteiger partial charge in [0.1, 0.15) is 6.07 Å². The van der Waals surface area contributed by atoms with Crippen LogP contribution in [-0.4, -0.2) is 4.98 Å². The summed E-state index contributed by atoms with van der Waals surface area (Å²) in [6, 6.07) is 7.44. The summed E-state index contributed by atoms with van der Waals surface area (Å²) in [5.41, 5.74) is 1.45. The molecule has 1 aromatic heterocycles. The number of aromatic nitrogens is 1. The van der Waals surface area contributed by atoms with Crippen LogP contribution in [0.2, 0.25) is 5.02 Å². The largest absolute Gasteiger partial charge is 0.380 e. The molecule has 1 heterocycles. The van der Waals surface area contributed by atoms with Gasteiger partial charge in [0.15, 0.2) is 0 Å². The molecule has 0 amide bonds. The normalized spacial score (nSPS) is 11.2. The lowest BCUT2D eigenvalue weighted by Crippen LogP contribution is -2.09. The first-order chi connectivity index (χ1) is 9.40. The molecular formula is C15H16ClN3S. The summed E-state index contributed by atoms with van der Waals surface area (Å²) in [5, 5.41) is 13.8. The van der Waals surface area contributed by atoms with Crippen molar-refractivity contribution in [2.45, 2.75) is 32.7 Å². The quantitative estimate of drug-likeness (QED) is 0.903. The zero-order valence-electron chi connectivity index (χ0n) is 11.7. The Kier molecular flexibility index (Phi) is 4.32. The van der Waals surface area contributed by atoms with Gasteiger partial charge in [0.2, 0.25) is 0 Å². The molecule has 0 saturated heterocycles. The lowest BCUT2D eigenvalue weighted by Gasteiger charge is -2.13. The topological polar surface area (TPSA) is 48.7 Å². The second-order valence-electron chi connectivity index (χ2n) is 5.54. The maximum absolute atomic E-state index is 8.95. The molecule has 0 fully saturated rings. The highest BCUT2D eigenvalue weighted by atomic mass is 35.5. The van der Waals surface area contributed by atoms with Gasteiger partial charge >= 0.3 is 0 Å². The van der Waals surface area contributed by atoms with E-state index in [0.29, 0.717) is 17.1 Å². The lowest BCUT2D eigenvalue weighted by atomic mass is 9.98. The Balaban J connectivity index is 2.06. The van der Waals surface area contributed by atoms with E-state index in [4.69, 9.17) is 16.9 Å². The van der Waals surface area contributed by atoms with Crippen molar-refractivity contribution >= 4 is 28.6 Å². The third kappa shape index (κ3) is 3.50. The number of hydrogen-bond donors (Lipinski definition) is 1. The van der Waals surface area contributed by atoms with Crippen molar-refractivity contribution in [3.8, 4) is 6.07 Å². The average molecular weight is 306 g/mol. The molecule has 104 valence electrons. The van der Waals surface area contributed by atoms with E-state index in [9.17, 15) is 0 Å². The Hall–Kier alpha value is -1.57. The van der Waals surface area contributed by atoms with Crippen molar-refractivity contribution in [3.05, 3.63) is 44.9 Å². The number of anilines is 1. The first-order valence-corrected chi connectivity index (χ1v) is 7.48. The predicted molar refractivity (Wildman–Crippen MR) is 84.3 cm³/mol. The zero-order chi connectivity index (χ0) is 14.8. The summed E-state index contributed by atoms with van der Waals surface area (Å²) in [6.07, 6.45) is 1.90. The maximum atomic E-state index is 8.95. The number of hydrogen-bond acceptors (Lipinski definition) is 4. The van der Waals surface area contributed by atoms with Crippen molar-refractivity contribution in [1.82, 2.24) is 4.98 Å². The van der Waals surface area contributed by atoms with E-state index in [-0.39, 0.29) is 5.41 Å². The fraction of sp³-hybridized carbons (Fsp3) is 0.333. The van der Waals surface area contributed by atoms with Gasteiger partial charge < -0.3 is 5.32 Å². The van der Waals surface area contributed by atoms with Gasteiger partial charge in [0.25, 0.3) is 0 Å². The highest BCUT2D eigenvalue weighted by Gasteiger charge is 2.17. The third-order valence-electron chi connectivity index (χ3n) is 2.75. The first kappa shape index (κ1) is 14.8. The van der Waals surface area contributed by atoms with Gasteiger partial charge in [-0.1, -0.05) is 32.4 Å². The Bertz CT molecular complexity index is 650. The molecule has 2 aromatic rings. The van der Waals surface area contributed by atoms with Crippen molar-refractivity contribution in [3.63, 3.8) is 0 Å². The molecule has 0 unspecified atom stereocenters. The van der Waals surface area contributed by atoms with Crippen LogP contribution in [0.3, 0.4) is 0 Å². The van der Waals surface area contributed by atoms with Crippen LogP contribution in [0.5, 0.6) is 0 Å². The standard InChI is InChI=1S/C15H16ClN3S/c1-15(2,3)14-19-9-12(20-14)8-18-11-4-5-13(16)10(6-11)7-17/h4-6,9,18H,8H2,1-3H3. The van der Waals surface area contributed by atoms with Crippen molar-refractivity contribution in [1.29, 1.82) is 5.26 Å². The van der Waals surface area contributed by atoms with Gasteiger partial charge in [-0.05, 0) is 18.2 Å². The Morgan fingerprint density at radius 1 is 1.40 bits per heavy atom. The van der Waals surface area contributed by atoms with Crippen LogP contribution >= 0.6 is 22.9 Å². The van der Waals surface area contributed by atoms with Crippen LogP contribution < -0.4 is 5.32 Å². The molecule has 1 N–H and O–H groups in total. The minimum atomic E-state index is 0.0805. The minimum absolute atomic E-state index is 0.0805. The summed E-state index contributed by atoms with van der Waals surface area (Å²) in [6.45, 7) is 7.16. The molecule has 0 aliphatic carbocycles. The minimum Gasteiger partial charge on any atom is -0.380 e. The van der Waals surface area contributed by atoms with E-state index in [0.717, 1.165) is 10.7 Å². The summed E-state index contributed by atoms with van der Waals surface area (Å²) in [7, 11) is 0. The summed E-state index contributed by atoms with van der Waals surface area (Å²) >= 11 is 7.62. The number of nitriles is 1. The van der Waals surface area contributed by atoms with Crippen LogP contribution in [0.1, 0.15) is 36.2 Å². The predicted octanol–water partition coefficient (Wildman–Crippen LogP) is 4.58. The monoisotopic (exact) mass is 305 g/mol. The molecule has 5 heteroatoms. The Labute approximate surface area is 128 Å². The van der Waals surface area contributed by atoms with E-state index in [1.54, 1.807) is 23.5 Å². The van der Waals surface area contributed by atoms with E-state index in [1.807, 2.05) is 12.3 Å². The molecule has 0 atom stereocenters. The third-order valence-corrected chi connectivity index (χ3v) is 4.50. The number of rotatable bonds is 3. The van der Waals surface area contributed by atoms with Crippen molar-refractivity contribution in [2.75, 3.05) is 5.32 Å². The molecule has 3 nitrogen and oxygen atoms in total. The first-order valence-electron chi connectivity index (χ1n) is 6.29. The number of halogens is 1. The van der Waals surface area contributed by atoms with Crippen LogP contribution in [0.25, 0.3) is 0 Å². The molecule has 1 aromatic carbocycles. The van der Waals surface area contributed by atoms with Gasteiger partial charge in [0.05, 0.1) is 22.1 Å². The zero-order valence-corrected chi connectivity index (χ0v) is 13.3. The molecule has 0 bridgehead atoms. The summed E-state index contributed by atoms with van der Waals surface area (Å²) in [4.78, 5) is 5.62.